The summed E-state index contributed by atoms with van der Waals surface area (Å²) in [5.74, 6) is 1.38. The standard InChI is InChI=1S/C16H20N4O2S/c1-22-16-15(17-6-7-18-16)19-12-4-8-20(9-5-12)14(21)11-13-3-2-10-23-13/h2-3,6-7,10,12H,4-5,8-9,11H2,1H3,(H,17,19). The smallest absolute Gasteiger partial charge is 0.257 e. The van der Waals surface area contributed by atoms with E-state index in [0.29, 0.717) is 18.1 Å². The van der Waals surface area contributed by atoms with E-state index < -0.39 is 0 Å². The van der Waals surface area contributed by atoms with Gasteiger partial charge >= 0.3 is 0 Å². The first-order valence-corrected chi connectivity index (χ1v) is 8.56. The van der Waals surface area contributed by atoms with Gasteiger partial charge < -0.3 is 15.0 Å². The largest absolute Gasteiger partial charge is 0.478 e. The topological polar surface area (TPSA) is 67.4 Å². The van der Waals surface area contributed by atoms with Crippen LogP contribution in [0.15, 0.2) is 29.9 Å². The predicted molar refractivity (Wildman–Crippen MR) is 89.8 cm³/mol. The van der Waals surface area contributed by atoms with E-state index >= 15 is 0 Å². The van der Waals surface area contributed by atoms with Crippen molar-refractivity contribution in [2.45, 2.75) is 25.3 Å². The number of rotatable bonds is 5. The molecule has 0 spiro atoms. The lowest BCUT2D eigenvalue weighted by molar-refractivity contribution is -0.131. The number of carbonyl (C=O) groups is 1. The first-order chi connectivity index (χ1) is 11.3. The SMILES string of the molecule is COc1nccnc1NC1CCN(C(=O)Cc2cccs2)CC1. The molecule has 0 unspecified atom stereocenters. The zero-order valence-electron chi connectivity index (χ0n) is 13.1. The Morgan fingerprint density at radius 1 is 1.39 bits per heavy atom. The molecule has 0 radical (unpaired) electrons. The summed E-state index contributed by atoms with van der Waals surface area (Å²) in [6.07, 6.45) is 5.56. The van der Waals surface area contributed by atoms with Crippen LogP contribution in [0.1, 0.15) is 17.7 Å². The van der Waals surface area contributed by atoms with Crippen LogP contribution >= 0.6 is 11.3 Å². The van der Waals surface area contributed by atoms with Gasteiger partial charge in [0.1, 0.15) is 0 Å². The van der Waals surface area contributed by atoms with Crippen LogP contribution in [0.25, 0.3) is 0 Å². The molecule has 2 aromatic heterocycles. The van der Waals surface area contributed by atoms with Crippen molar-refractivity contribution in [1.29, 1.82) is 0 Å². The van der Waals surface area contributed by atoms with E-state index in [1.165, 1.54) is 0 Å². The number of amides is 1. The molecule has 122 valence electrons. The highest BCUT2D eigenvalue weighted by molar-refractivity contribution is 7.10. The third kappa shape index (κ3) is 3.98. The van der Waals surface area contributed by atoms with E-state index in [4.69, 9.17) is 4.74 Å². The molecule has 0 saturated carbocycles. The van der Waals surface area contributed by atoms with E-state index in [2.05, 4.69) is 15.3 Å². The fourth-order valence-corrected chi connectivity index (χ4v) is 3.41. The highest BCUT2D eigenvalue weighted by Gasteiger charge is 2.24. The second-order valence-corrected chi connectivity index (χ2v) is 6.50. The summed E-state index contributed by atoms with van der Waals surface area (Å²) in [5.41, 5.74) is 0. The van der Waals surface area contributed by atoms with Gasteiger partial charge in [-0.15, -0.1) is 11.3 Å². The molecular weight excluding hydrogens is 312 g/mol. The first-order valence-electron chi connectivity index (χ1n) is 7.68. The Labute approximate surface area is 139 Å². The van der Waals surface area contributed by atoms with Crippen LogP contribution in [0.5, 0.6) is 5.88 Å². The maximum Gasteiger partial charge on any atom is 0.257 e. The minimum atomic E-state index is 0.211. The molecule has 0 atom stereocenters. The number of piperidine rings is 1. The summed E-state index contributed by atoms with van der Waals surface area (Å²) in [6, 6.07) is 4.28. The molecule has 1 aliphatic heterocycles. The summed E-state index contributed by atoms with van der Waals surface area (Å²) in [5, 5.41) is 5.38. The van der Waals surface area contributed by atoms with Crippen molar-refractivity contribution in [2.75, 3.05) is 25.5 Å². The molecule has 1 saturated heterocycles. The van der Waals surface area contributed by atoms with Crippen molar-refractivity contribution in [2.24, 2.45) is 0 Å². The summed E-state index contributed by atoms with van der Waals surface area (Å²) in [6.45, 7) is 1.54. The zero-order chi connectivity index (χ0) is 16.1. The minimum Gasteiger partial charge on any atom is -0.478 e. The van der Waals surface area contributed by atoms with Gasteiger partial charge in [-0.05, 0) is 24.3 Å². The van der Waals surface area contributed by atoms with Crippen molar-refractivity contribution >= 4 is 23.1 Å². The minimum absolute atomic E-state index is 0.211. The number of nitrogens with one attached hydrogen (secondary N) is 1. The number of nitrogens with zero attached hydrogens (tertiary/aromatic N) is 3. The Hall–Kier alpha value is -2.15. The molecule has 2 aromatic rings. The molecule has 0 aromatic carbocycles. The Kier molecular flexibility index (Phi) is 5.07. The second kappa shape index (κ2) is 7.41. The van der Waals surface area contributed by atoms with Gasteiger partial charge in [0.15, 0.2) is 5.82 Å². The third-order valence-electron chi connectivity index (χ3n) is 3.95. The summed E-state index contributed by atoms with van der Waals surface area (Å²) in [4.78, 5) is 23.8. The highest BCUT2D eigenvalue weighted by Crippen LogP contribution is 2.22. The molecule has 6 nitrogen and oxygen atoms in total. The monoisotopic (exact) mass is 332 g/mol. The van der Waals surface area contributed by atoms with Gasteiger partial charge in [-0.3, -0.25) is 4.79 Å². The summed E-state index contributed by atoms with van der Waals surface area (Å²) in [7, 11) is 1.58. The lowest BCUT2D eigenvalue weighted by atomic mass is 10.0. The Morgan fingerprint density at radius 3 is 2.87 bits per heavy atom. The number of hydrogen-bond donors (Lipinski definition) is 1. The molecule has 3 rings (SSSR count). The van der Waals surface area contributed by atoms with Gasteiger partial charge in [0.05, 0.1) is 13.5 Å². The number of aromatic nitrogens is 2. The number of carbonyl (C=O) groups excluding carboxylic acids is 1. The molecule has 7 heteroatoms. The van der Waals surface area contributed by atoms with Crippen LogP contribution in [0, 0.1) is 0 Å². The van der Waals surface area contributed by atoms with Crippen molar-refractivity contribution in [3.05, 3.63) is 34.8 Å². The van der Waals surface area contributed by atoms with Crippen LogP contribution in [0.3, 0.4) is 0 Å². The Morgan fingerprint density at radius 2 is 2.17 bits per heavy atom. The lowest BCUT2D eigenvalue weighted by Crippen LogP contribution is -2.43. The molecule has 1 amide bonds. The normalized spacial score (nSPS) is 15.4. The fourth-order valence-electron chi connectivity index (χ4n) is 2.71. The maximum atomic E-state index is 12.3. The number of likely N-dealkylation sites (tertiary alicyclic amines) is 1. The summed E-state index contributed by atoms with van der Waals surface area (Å²) < 4.78 is 5.21. The van der Waals surface area contributed by atoms with Gasteiger partial charge in [0.25, 0.3) is 5.88 Å². The quantitative estimate of drug-likeness (QED) is 0.909. The fraction of sp³-hybridized carbons (Fsp3) is 0.438. The van der Waals surface area contributed by atoms with Crippen LogP contribution in [-0.2, 0) is 11.2 Å². The van der Waals surface area contributed by atoms with Gasteiger partial charge in [0, 0.05) is 36.4 Å². The van der Waals surface area contributed by atoms with E-state index in [0.717, 1.165) is 30.8 Å². The molecule has 1 N–H and O–H groups in total. The number of thiophene rings is 1. The third-order valence-corrected chi connectivity index (χ3v) is 4.83. The van der Waals surface area contributed by atoms with Crippen LogP contribution < -0.4 is 10.1 Å². The van der Waals surface area contributed by atoms with Gasteiger partial charge in [0.2, 0.25) is 5.91 Å². The highest BCUT2D eigenvalue weighted by atomic mass is 32.1. The molecule has 23 heavy (non-hydrogen) atoms. The molecule has 0 bridgehead atoms. The van der Waals surface area contributed by atoms with Gasteiger partial charge in [-0.25, -0.2) is 9.97 Å². The summed E-state index contributed by atoms with van der Waals surface area (Å²) >= 11 is 1.63. The van der Waals surface area contributed by atoms with Gasteiger partial charge in [-0.2, -0.15) is 0 Å². The van der Waals surface area contributed by atoms with Crippen LogP contribution in [-0.4, -0.2) is 47.0 Å². The van der Waals surface area contributed by atoms with Crippen molar-refractivity contribution in [3.63, 3.8) is 0 Å². The number of hydrogen-bond acceptors (Lipinski definition) is 6. The average molecular weight is 332 g/mol. The molecule has 1 aliphatic rings. The predicted octanol–water partition coefficient (Wildman–Crippen LogP) is 2.19. The van der Waals surface area contributed by atoms with Crippen LogP contribution in [0.4, 0.5) is 5.82 Å². The van der Waals surface area contributed by atoms with Crippen molar-refractivity contribution < 1.29 is 9.53 Å². The second-order valence-electron chi connectivity index (χ2n) is 5.47. The van der Waals surface area contributed by atoms with E-state index in [1.54, 1.807) is 30.8 Å². The molecule has 0 aliphatic carbocycles. The molecule has 1 fully saturated rings. The zero-order valence-corrected chi connectivity index (χ0v) is 13.9. The molecule has 3 heterocycles. The van der Waals surface area contributed by atoms with E-state index in [9.17, 15) is 4.79 Å². The number of methoxy groups -OCH3 is 1. The maximum absolute atomic E-state index is 12.3. The Bertz CT molecular complexity index is 639. The average Bonchev–Trinajstić information content (AvgIpc) is 3.09. The lowest BCUT2D eigenvalue weighted by Gasteiger charge is -2.32. The number of anilines is 1. The number of ether oxygens (including phenoxy) is 1. The van der Waals surface area contributed by atoms with Crippen LogP contribution in [0.2, 0.25) is 0 Å². The Balaban J connectivity index is 1.51. The molecular formula is C16H20N4O2S. The first kappa shape index (κ1) is 15.7. The van der Waals surface area contributed by atoms with Crippen molar-refractivity contribution in [1.82, 2.24) is 14.9 Å². The van der Waals surface area contributed by atoms with Gasteiger partial charge in [-0.1, -0.05) is 6.07 Å². The van der Waals surface area contributed by atoms with E-state index in [-0.39, 0.29) is 11.9 Å². The van der Waals surface area contributed by atoms with Crippen molar-refractivity contribution in [3.8, 4) is 5.88 Å². The van der Waals surface area contributed by atoms with E-state index in [1.807, 2.05) is 22.4 Å².